The molecule has 0 saturated carbocycles. The first-order valence-electron chi connectivity index (χ1n) is 8.12. The SMILES string of the molecule is CNC(=O)c1ccc(/C=C/C(=O)N(C)Cc2nnc3ccccn23)cc1. The molecule has 3 rings (SSSR count). The van der Waals surface area contributed by atoms with Crippen molar-refractivity contribution in [3.8, 4) is 0 Å². The highest BCUT2D eigenvalue weighted by molar-refractivity contribution is 5.94. The van der Waals surface area contributed by atoms with E-state index in [0.29, 0.717) is 17.9 Å². The highest BCUT2D eigenvalue weighted by Crippen LogP contribution is 2.08. The molecule has 2 amide bonds. The molecular formula is C19H19N5O2. The van der Waals surface area contributed by atoms with Gasteiger partial charge in [-0.25, -0.2) is 0 Å². The molecule has 0 atom stereocenters. The Kier molecular flexibility index (Phi) is 5.07. The van der Waals surface area contributed by atoms with E-state index in [4.69, 9.17) is 0 Å². The summed E-state index contributed by atoms with van der Waals surface area (Å²) in [4.78, 5) is 25.4. The molecule has 0 radical (unpaired) electrons. The molecule has 2 aromatic heterocycles. The fourth-order valence-corrected chi connectivity index (χ4v) is 2.47. The van der Waals surface area contributed by atoms with Crippen molar-refractivity contribution in [2.45, 2.75) is 6.54 Å². The summed E-state index contributed by atoms with van der Waals surface area (Å²) in [6.45, 7) is 0.351. The summed E-state index contributed by atoms with van der Waals surface area (Å²) in [6, 6.07) is 12.7. The second-order valence-corrected chi connectivity index (χ2v) is 5.77. The van der Waals surface area contributed by atoms with Crippen molar-refractivity contribution >= 4 is 23.5 Å². The van der Waals surface area contributed by atoms with Crippen LogP contribution < -0.4 is 5.32 Å². The van der Waals surface area contributed by atoms with Crippen LogP contribution in [0.5, 0.6) is 0 Å². The first-order valence-corrected chi connectivity index (χ1v) is 8.12. The first-order chi connectivity index (χ1) is 12.6. The van der Waals surface area contributed by atoms with Gasteiger partial charge in [-0.05, 0) is 35.9 Å². The van der Waals surface area contributed by atoms with E-state index >= 15 is 0 Å². The van der Waals surface area contributed by atoms with E-state index in [1.807, 2.05) is 28.8 Å². The lowest BCUT2D eigenvalue weighted by molar-refractivity contribution is -0.125. The summed E-state index contributed by atoms with van der Waals surface area (Å²) >= 11 is 0. The zero-order chi connectivity index (χ0) is 18.5. The van der Waals surface area contributed by atoms with E-state index in [2.05, 4.69) is 15.5 Å². The number of amides is 2. The summed E-state index contributed by atoms with van der Waals surface area (Å²) in [6.07, 6.45) is 5.08. The monoisotopic (exact) mass is 349 g/mol. The van der Waals surface area contributed by atoms with Gasteiger partial charge in [0, 0.05) is 31.9 Å². The van der Waals surface area contributed by atoms with E-state index in [9.17, 15) is 9.59 Å². The predicted octanol–water partition coefficient (Wildman–Crippen LogP) is 1.76. The lowest BCUT2D eigenvalue weighted by Crippen LogP contribution is -2.25. The van der Waals surface area contributed by atoms with E-state index in [-0.39, 0.29) is 11.8 Å². The maximum Gasteiger partial charge on any atom is 0.251 e. The topological polar surface area (TPSA) is 79.6 Å². The summed E-state index contributed by atoms with van der Waals surface area (Å²) in [5, 5.41) is 10.8. The Hall–Kier alpha value is -3.48. The van der Waals surface area contributed by atoms with Crippen molar-refractivity contribution in [2.75, 3.05) is 14.1 Å². The van der Waals surface area contributed by atoms with Crippen molar-refractivity contribution < 1.29 is 9.59 Å². The molecule has 0 unspecified atom stereocenters. The maximum atomic E-state index is 12.3. The Morgan fingerprint density at radius 3 is 2.65 bits per heavy atom. The van der Waals surface area contributed by atoms with Crippen LogP contribution in [0.1, 0.15) is 21.7 Å². The molecule has 1 N–H and O–H groups in total. The molecule has 0 saturated heterocycles. The fourth-order valence-electron chi connectivity index (χ4n) is 2.47. The van der Waals surface area contributed by atoms with Gasteiger partial charge in [-0.3, -0.25) is 14.0 Å². The number of rotatable bonds is 5. The number of hydrogen-bond acceptors (Lipinski definition) is 4. The summed E-state index contributed by atoms with van der Waals surface area (Å²) in [5.74, 6) is 0.407. The Morgan fingerprint density at radius 2 is 1.92 bits per heavy atom. The smallest absolute Gasteiger partial charge is 0.251 e. The van der Waals surface area contributed by atoms with Gasteiger partial charge in [-0.15, -0.1) is 10.2 Å². The highest BCUT2D eigenvalue weighted by atomic mass is 16.2. The van der Waals surface area contributed by atoms with Crippen molar-refractivity contribution in [3.05, 3.63) is 71.7 Å². The maximum absolute atomic E-state index is 12.3. The van der Waals surface area contributed by atoms with Gasteiger partial charge < -0.3 is 10.2 Å². The molecule has 0 aliphatic heterocycles. The number of hydrogen-bond donors (Lipinski definition) is 1. The number of nitrogens with zero attached hydrogens (tertiary/aromatic N) is 4. The minimum Gasteiger partial charge on any atom is -0.355 e. The summed E-state index contributed by atoms with van der Waals surface area (Å²) in [7, 11) is 3.30. The van der Waals surface area contributed by atoms with Gasteiger partial charge >= 0.3 is 0 Å². The lowest BCUT2D eigenvalue weighted by atomic mass is 10.1. The number of benzene rings is 1. The van der Waals surface area contributed by atoms with Crippen LogP contribution in [0.15, 0.2) is 54.7 Å². The molecule has 26 heavy (non-hydrogen) atoms. The third-order valence-corrected chi connectivity index (χ3v) is 3.96. The number of carbonyl (C=O) groups excluding carboxylic acids is 2. The predicted molar refractivity (Wildman–Crippen MR) is 98.3 cm³/mol. The molecule has 2 heterocycles. The number of carbonyl (C=O) groups is 2. The molecular weight excluding hydrogens is 330 g/mol. The van der Waals surface area contributed by atoms with Crippen LogP contribution in [0.4, 0.5) is 0 Å². The van der Waals surface area contributed by atoms with Crippen LogP contribution >= 0.6 is 0 Å². The Morgan fingerprint density at radius 1 is 1.15 bits per heavy atom. The van der Waals surface area contributed by atoms with Gasteiger partial charge in [0.15, 0.2) is 11.5 Å². The highest BCUT2D eigenvalue weighted by Gasteiger charge is 2.11. The van der Waals surface area contributed by atoms with Gasteiger partial charge in [0.25, 0.3) is 5.91 Å². The zero-order valence-corrected chi connectivity index (χ0v) is 14.6. The number of aromatic nitrogens is 3. The third-order valence-electron chi connectivity index (χ3n) is 3.96. The van der Waals surface area contributed by atoms with Gasteiger partial charge in [0.05, 0.1) is 6.54 Å². The van der Waals surface area contributed by atoms with Gasteiger partial charge in [0.2, 0.25) is 5.91 Å². The van der Waals surface area contributed by atoms with Crippen LogP contribution in [0, 0.1) is 0 Å². The van der Waals surface area contributed by atoms with Crippen molar-refractivity contribution in [3.63, 3.8) is 0 Å². The number of pyridine rings is 1. The third kappa shape index (κ3) is 3.77. The molecule has 0 aliphatic rings. The van der Waals surface area contributed by atoms with E-state index in [1.54, 1.807) is 49.3 Å². The van der Waals surface area contributed by atoms with Crippen LogP contribution in [0.25, 0.3) is 11.7 Å². The lowest BCUT2D eigenvalue weighted by Gasteiger charge is -2.13. The second kappa shape index (κ2) is 7.60. The molecule has 0 aliphatic carbocycles. The molecule has 1 aromatic carbocycles. The summed E-state index contributed by atoms with van der Waals surface area (Å²) < 4.78 is 1.85. The fraction of sp³-hybridized carbons (Fsp3) is 0.158. The second-order valence-electron chi connectivity index (χ2n) is 5.77. The standard InChI is InChI=1S/C19H19N5O2/c1-20-19(26)15-9-6-14(7-10-15)8-11-18(25)23(2)13-17-22-21-16-5-3-4-12-24(16)17/h3-12H,13H2,1-2H3,(H,20,26)/b11-8+. The first kappa shape index (κ1) is 17.3. The average molecular weight is 349 g/mol. The van der Waals surface area contributed by atoms with Crippen molar-refractivity contribution in [2.24, 2.45) is 0 Å². The van der Waals surface area contributed by atoms with E-state index in [1.165, 1.54) is 6.08 Å². The largest absolute Gasteiger partial charge is 0.355 e. The molecule has 7 nitrogen and oxygen atoms in total. The van der Waals surface area contributed by atoms with Crippen LogP contribution in [0.3, 0.4) is 0 Å². The van der Waals surface area contributed by atoms with Crippen LogP contribution in [-0.4, -0.2) is 45.4 Å². The molecule has 0 spiro atoms. The zero-order valence-electron chi connectivity index (χ0n) is 14.6. The molecule has 0 bridgehead atoms. The Bertz CT molecular complexity index is 959. The number of fused-ring (bicyclic) bond motifs is 1. The molecule has 7 heteroatoms. The van der Waals surface area contributed by atoms with Gasteiger partial charge in [0.1, 0.15) is 0 Å². The van der Waals surface area contributed by atoms with Gasteiger partial charge in [-0.2, -0.15) is 0 Å². The number of likely N-dealkylation sites (N-methyl/N-ethyl adjacent to an activating group) is 1. The normalized spacial score (nSPS) is 11.0. The Labute approximate surface area is 151 Å². The van der Waals surface area contributed by atoms with E-state index < -0.39 is 0 Å². The molecule has 3 aromatic rings. The summed E-state index contributed by atoms with van der Waals surface area (Å²) in [5.41, 5.74) is 2.16. The van der Waals surface area contributed by atoms with Crippen molar-refractivity contribution in [1.29, 1.82) is 0 Å². The quantitative estimate of drug-likeness (QED) is 0.712. The van der Waals surface area contributed by atoms with Crippen LogP contribution in [0.2, 0.25) is 0 Å². The van der Waals surface area contributed by atoms with Gasteiger partial charge in [-0.1, -0.05) is 18.2 Å². The van der Waals surface area contributed by atoms with Crippen molar-refractivity contribution in [1.82, 2.24) is 24.8 Å². The van der Waals surface area contributed by atoms with Crippen LogP contribution in [-0.2, 0) is 11.3 Å². The average Bonchev–Trinajstić information content (AvgIpc) is 3.08. The van der Waals surface area contributed by atoms with E-state index in [0.717, 1.165) is 11.2 Å². The number of nitrogens with one attached hydrogen (secondary N) is 1. The Balaban J connectivity index is 1.65. The molecule has 0 fully saturated rings. The molecule has 132 valence electrons. The minimum atomic E-state index is -0.145. The minimum absolute atomic E-state index is 0.142.